The second kappa shape index (κ2) is 8.74. The third-order valence-corrected chi connectivity index (χ3v) is 3.47. The Labute approximate surface area is 138 Å². The van der Waals surface area contributed by atoms with Gasteiger partial charge in [0.25, 0.3) is 0 Å². The smallest absolute Gasteiger partial charge is 0.310 e. The lowest BCUT2D eigenvalue weighted by atomic mass is 10.0. The molecule has 0 atom stereocenters. The average Bonchev–Trinajstić information content (AvgIpc) is 2.56. The topological polar surface area (TPSA) is 26.3 Å². The summed E-state index contributed by atoms with van der Waals surface area (Å²) >= 11 is 0. The zero-order valence-corrected chi connectivity index (χ0v) is 13.7. The molecule has 2 aromatic carbocycles. The molecular formula is C21H22O2. The summed E-state index contributed by atoms with van der Waals surface area (Å²) in [4.78, 5) is 11.8. The first-order chi connectivity index (χ1) is 11.2. The van der Waals surface area contributed by atoms with Gasteiger partial charge in [0.2, 0.25) is 0 Å². The summed E-state index contributed by atoms with van der Waals surface area (Å²) in [5.41, 5.74) is 4.33. The SMILES string of the molecule is CCOC(=O)CC(/C=C/c1ccccc1)=C\c1ccccc1C. The van der Waals surface area contributed by atoms with Crippen LogP contribution in [0.3, 0.4) is 0 Å². The predicted molar refractivity (Wildman–Crippen MR) is 95.9 cm³/mol. The molecule has 0 bridgehead atoms. The van der Waals surface area contributed by atoms with Gasteiger partial charge in [0.1, 0.15) is 0 Å². The fourth-order valence-electron chi connectivity index (χ4n) is 2.25. The molecule has 2 rings (SSSR count). The summed E-state index contributed by atoms with van der Waals surface area (Å²) in [6.45, 7) is 4.29. The molecule has 2 aromatic rings. The van der Waals surface area contributed by atoms with Crippen LogP contribution >= 0.6 is 0 Å². The summed E-state index contributed by atoms with van der Waals surface area (Å²) in [7, 11) is 0. The van der Waals surface area contributed by atoms with Gasteiger partial charge < -0.3 is 4.74 Å². The summed E-state index contributed by atoms with van der Waals surface area (Å²) in [5.74, 6) is -0.204. The second-order valence-electron chi connectivity index (χ2n) is 5.30. The van der Waals surface area contributed by atoms with E-state index in [4.69, 9.17) is 4.74 Å². The van der Waals surface area contributed by atoms with Crippen molar-refractivity contribution >= 4 is 18.1 Å². The highest BCUT2D eigenvalue weighted by molar-refractivity contribution is 5.77. The van der Waals surface area contributed by atoms with Crippen LogP contribution in [0.15, 0.2) is 66.2 Å². The number of benzene rings is 2. The Morgan fingerprint density at radius 1 is 1.04 bits per heavy atom. The van der Waals surface area contributed by atoms with Gasteiger partial charge in [-0.3, -0.25) is 4.79 Å². The number of allylic oxidation sites excluding steroid dienone is 1. The van der Waals surface area contributed by atoms with Crippen LogP contribution in [0, 0.1) is 6.92 Å². The zero-order valence-electron chi connectivity index (χ0n) is 13.7. The molecule has 0 radical (unpaired) electrons. The Morgan fingerprint density at radius 3 is 2.43 bits per heavy atom. The van der Waals surface area contributed by atoms with Gasteiger partial charge in [-0.1, -0.05) is 72.8 Å². The first-order valence-electron chi connectivity index (χ1n) is 7.84. The summed E-state index contributed by atoms with van der Waals surface area (Å²) in [6.07, 6.45) is 6.32. The summed E-state index contributed by atoms with van der Waals surface area (Å²) < 4.78 is 5.08. The van der Waals surface area contributed by atoms with Gasteiger partial charge in [0, 0.05) is 0 Å². The van der Waals surface area contributed by atoms with Crippen LogP contribution in [-0.2, 0) is 9.53 Å². The molecule has 0 aromatic heterocycles. The standard InChI is InChI=1S/C21H22O2/c1-3-23-21(22)16-19(14-13-18-10-5-4-6-11-18)15-20-12-8-7-9-17(20)2/h4-15H,3,16H2,1-2H3/b14-13+,19-15-. The quantitative estimate of drug-likeness (QED) is 0.552. The fourth-order valence-corrected chi connectivity index (χ4v) is 2.25. The molecule has 0 aliphatic rings. The maximum absolute atomic E-state index is 11.8. The van der Waals surface area contributed by atoms with E-state index in [0.717, 1.165) is 16.7 Å². The highest BCUT2D eigenvalue weighted by atomic mass is 16.5. The van der Waals surface area contributed by atoms with Crippen molar-refractivity contribution in [1.29, 1.82) is 0 Å². The normalized spacial score (nSPS) is 11.7. The second-order valence-corrected chi connectivity index (χ2v) is 5.30. The molecule has 118 valence electrons. The number of aryl methyl sites for hydroxylation is 1. The van der Waals surface area contributed by atoms with Crippen LogP contribution in [0.4, 0.5) is 0 Å². The minimum absolute atomic E-state index is 0.204. The molecule has 0 aliphatic carbocycles. The van der Waals surface area contributed by atoms with Crippen molar-refractivity contribution in [3.05, 3.63) is 82.9 Å². The van der Waals surface area contributed by atoms with Crippen molar-refractivity contribution in [2.24, 2.45) is 0 Å². The van der Waals surface area contributed by atoms with Crippen LogP contribution in [0.1, 0.15) is 30.0 Å². The maximum atomic E-state index is 11.8. The van der Waals surface area contributed by atoms with Gasteiger partial charge in [-0.25, -0.2) is 0 Å². The van der Waals surface area contributed by atoms with E-state index >= 15 is 0 Å². The van der Waals surface area contributed by atoms with Gasteiger partial charge in [-0.2, -0.15) is 0 Å². The van der Waals surface area contributed by atoms with Crippen molar-refractivity contribution in [3.63, 3.8) is 0 Å². The van der Waals surface area contributed by atoms with Crippen molar-refractivity contribution in [3.8, 4) is 0 Å². The third-order valence-electron chi connectivity index (χ3n) is 3.47. The molecule has 0 aliphatic heterocycles. The Balaban J connectivity index is 2.26. The Bertz CT molecular complexity index is 697. The van der Waals surface area contributed by atoms with E-state index in [1.54, 1.807) is 0 Å². The first kappa shape index (κ1) is 16.8. The highest BCUT2D eigenvalue weighted by Crippen LogP contribution is 2.17. The number of carbonyl (C=O) groups is 1. The monoisotopic (exact) mass is 306 g/mol. The Hall–Kier alpha value is -2.61. The molecule has 2 nitrogen and oxygen atoms in total. The predicted octanol–water partition coefficient (Wildman–Crippen LogP) is 5.05. The lowest BCUT2D eigenvalue weighted by Crippen LogP contribution is -2.04. The summed E-state index contributed by atoms with van der Waals surface area (Å²) in [6, 6.07) is 18.2. The molecule has 0 heterocycles. The van der Waals surface area contributed by atoms with Crippen LogP contribution < -0.4 is 0 Å². The van der Waals surface area contributed by atoms with E-state index in [-0.39, 0.29) is 12.4 Å². The van der Waals surface area contributed by atoms with E-state index in [2.05, 4.69) is 19.1 Å². The molecule has 23 heavy (non-hydrogen) atoms. The molecule has 0 N–H and O–H groups in total. The molecule has 0 spiro atoms. The van der Waals surface area contributed by atoms with Crippen molar-refractivity contribution in [2.75, 3.05) is 6.61 Å². The number of hydrogen-bond acceptors (Lipinski definition) is 2. The molecule has 0 unspecified atom stereocenters. The Kier molecular flexibility index (Phi) is 6.37. The average molecular weight is 306 g/mol. The summed E-state index contributed by atoms with van der Waals surface area (Å²) in [5, 5.41) is 0. The van der Waals surface area contributed by atoms with Crippen LogP contribution in [0.5, 0.6) is 0 Å². The number of ether oxygens (including phenoxy) is 1. The number of carbonyl (C=O) groups excluding carboxylic acids is 1. The lowest BCUT2D eigenvalue weighted by Gasteiger charge is -2.05. The number of rotatable bonds is 6. The zero-order chi connectivity index (χ0) is 16.5. The van der Waals surface area contributed by atoms with E-state index in [1.165, 1.54) is 5.56 Å². The number of esters is 1. The molecule has 0 saturated heterocycles. The molecule has 0 fully saturated rings. The van der Waals surface area contributed by atoms with Gasteiger partial charge in [0.15, 0.2) is 0 Å². The van der Waals surface area contributed by atoms with Gasteiger partial charge in [-0.05, 0) is 36.1 Å². The molecule has 0 amide bonds. The van der Waals surface area contributed by atoms with Crippen LogP contribution in [0.25, 0.3) is 12.2 Å². The molecule has 0 saturated carbocycles. The van der Waals surface area contributed by atoms with Crippen LogP contribution in [-0.4, -0.2) is 12.6 Å². The maximum Gasteiger partial charge on any atom is 0.310 e. The van der Waals surface area contributed by atoms with E-state index < -0.39 is 0 Å². The van der Waals surface area contributed by atoms with Crippen molar-refractivity contribution < 1.29 is 9.53 Å². The minimum Gasteiger partial charge on any atom is -0.466 e. The van der Waals surface area contributed by atoms with Crippen LogP contribution in [0.2, 0.25) is 0 Å². The van der Waals surface area contributed by atoms with Gasteiger partial charge in [-0.15, -0.1) is 0 Å². The minimum atomic E-state index is -0.204. The van der Waals surface area contributed by atoms with Crippen molar-refractivity contribution in [2.45, 2.75) is 20.3 Å². The van der Waals surface area contributed by atoms with Crippen molar-refractivity contribution in [1.82, 2.24) is 0 Å². The van der Waals surface area contributed by atoms with E-state index in [1.807, 2.05) is 67.6 Å². The number of hydrogen-bond donors (Lipinski definition) is 0. The third kappa shape index (κ3) is 5.59. The first-order valence-corrected chi connectivity index (χ1v) is 7.84. The van der Waals surface area contributed by atoms with Gasteiger partial charge >= 0.3 is 5.97 Å². The fraction of sp³-hybridized carbons (Fsp3) is 0.190. The lowest BCUT2D eigenvalue weighted by molar-refractivity contribution is -0.142. The largest absolute Gasteiger partial charge is 0.466 e. The molecular weight excluding hydrogens is 284 g/mol. The Morgan fingerprint density at radius 2 is 1.74 bits per heavy atom. The van der Waals surface area contributed by atoms with E-state index in [9.17, 15) is 4.79 Å². The van der Waals surface area contributed by atoms with Gasteiger partial charge in [0.05, 0.1) is 13.0 Å². The highest BCUT2D eigenvalue weighted by Gasteiger charge is 2.05. The van der Waals surface area contributed by atoms with E-state index in [0.29, 0.717) is 6.61 Å². The molecule has 2 heteroatoms.